The standard InChI is InChI=1S/C15H28N2O2/c1-12-5-7-13(8-6-12)16(2)15(19)11-17-9-3-4-14(18)10-17/h12-14,18H,3-11H2,1-2H3/t12?,13?,14-/m0/s1. The maximum atomic E-state index is 12.3. The van der Waals surface area contributed by atoms with Crippen LogP contribution in [-0.4, -0.2) is 59.6 Å². The van der Waals surface area contributed by atoms with Crippen molar-refractivity contribution in [3.8, 4) is 0 Å². The maximum absolute atomic E-state index is 12.3. The number of amides is 1. The topological polar surface area (TPSA) is 43.8 Å². The molecule has 1 atom stereocenters. The average molecular weight is 268 g/mol. The van der Waals surface area contributed by atoms with Crippen molar-refractivity contribution >= 4 is 5.91 Å². The molecule has 1 aliphatic heterocycles. The van der Waals surface area contributed by atoms with E-state index in [1.807, 2.05) is 11.9 Å². The Morgan fingerprint density at radius 3 is 2.58 bits per heavy atom. The van der Waals surface area contributed by atoms with E-state index in [-0.39, 0.29) is 12.0 Å². The second-order valence-corrected chi connectivity index (χ2v) is 6.45. The Hall–Kier alpha value is -0.610. The molecule has 1 saturated carbocycles. The second kappa shape index (κ2) is 6.71. The number of aliphatic hydroxyl groups excluding tert-OH is 1. The summed E-state index contributed by atoms with van der Waals surface area (Å²) in [6.07, 6.45) is 6.40. The molecule has 0 aromatic heterocycles. The lowest BCUT2D eigenvalue weighted by molar-refractivity contribution is -0.134. The van der Waals surface area contributed by atoms with Crippen LogP contribution in [-0.2, 0) is 4.79 Å². The Balaban J connectivity index is 1.78. The first-order chi connectivity index (χ1) is 9.06. The van der Waals surface area contributed by atoms with E-state index >= 15 is 0 Å². The van der Waals surface area contributed by atoms with Gasteiger partial charge in [-0.25, -0.2) is 0 Å². The number of hydrogen-bond acceptors (Lipinski definition) is 3. The third-order valence-electron chi connectivity index (χ3n) is 4.77. The number of carbonyl (C=O) groups excluding carboxylic acids is 1. The van der Waals surface area contributed by atoms with Crippen molar-refractivity contribution in [2.75, 3.05) is 26.7 Å². The number of likely N-dealkylation sites (tertiary alicyclic amines) is 1. The molecule has 1 aliphatic carbocycles. The third-order valence-corrected chi connectivity index (χ3v) is 4.77. The van der Waals surface area contributed by atoms with E-state index in [0.717, 1.165) is 38.1 Å². The maximum Gasteiger partial charge on any atom is 0.236 e. The zero-order chi connectivity index (χ0) is 13.8. The molecule has 0 aromatic carbocycles. The van der Waals surface area contributed by atoms with Crippen LogP contribution in [0, 0.1) is 5.92 Å². The molecular weight excluding hydrogens is 240 g/mol. The summed E-state index contributed by atoms with van der Waals surface area (Å²) < 4.78 is 0. The van der Waals surface area contributed by atoms with Crippen molar-refractivity contribution in [2.45, 2.75) is 57.6 Å². The largest absolute Gasteiger partial charge is 0.392 e. The molecule has 4 nitrogen and oxygen atoms in total. The summed E-state index contributed by atoms with van der Waals surface area (Å²) in [5.74, 6) is 1.03. The van der Waals surface area contributed by atoms with Gasteiger partial charge in [-0.2, -0.15) is 0 Å². The van der Waals surface area contributed by atoms with E-state index in [2.05, 4.69) is 11.8 Å². The van der Waals surface area contributed by atoms with Gasteiger partial charge in [-0.05, 0) is 51.0 Å². The highest BCUT2D eigenvalue weighted by Crippen LogP contribution is 2.26. The SMILES string of the molecule is CC1CCC(N(C)C(=O)CN2CCC[C@H](O)C2)CC1. The van der Waals surface area contributed by atoms with Crippen LogP contribution >= 0.6 is 0 Å². The number of β-amino-alcohol motifs (C(OH)–C–C–N with tert-alkyl or cyclic N) is 1. The van der Waals surface area contributed by atoms with Gasteiger partial charge in [0.05, 0.1) is 12.6 Å². The van der Waals surface area contributed by atoms with Crippen molar-refractivity contribution in [1.29, 1.82) is 0 Å². The Morgan fingerprint density at radius 1 is 1.26 bits per heavy atom. The number of nitrogens with zero attached hydrogens (tertiary/aromatic N) is 2. The van der Waals surface area contributed by atoms with Gasteiger partial charge in [-0.1, -0.05) is 6.92 Å². The van der Waals surface area contributed by atoms with E-state index in [1.54, 1.807) is 0 Å². The molecule has 0 bridgehead atoms. The Kier molecular flexibility index (Phi) is 5.22. The minimum absolute atomic E-state index is 0.216. The molecule has 1 heterocycles. The van der Waals surface area contributed by atoms with Crippen molar-refractivity contribution in [2.24, 2.45) is 5.92 Å². The van der Waals surface area contributed by atoms with Crippen molar-refractivity contribution in [3.63, 3.8) is 0 Å². The lowest BCUT2D eigenvalue weighted by Crippen LogP contribution is -2.47. The summed E-state index contributed by atoms with van der Waals surface area (Å²) in [6, 6.07) is 0.429. The van der Waals surface area contributed by atoms with Gasteiger partial charge in [0, 0.05) is 19.6 Å². The molecular formula is C15H28N2O2. The van der Waals surface area contributed by atoms with Crippen LogP contribution in [0.5, 0.6) is 0 Å². The summed E-state index contributed by atoms with van der Waals surface area (Å²) in [5, 5.41) is 9.64. The van der Waals surface area contributed by atoms with Gasteiger partial charge in [0.1, 0.15) is 0 Å². The van der Waals surface area contributed by atoms with Gasteiger partial charge >= 0.3 is 0 Å². The number of carbonyl (C=O) groups is 1. The molecule has 0 unspecified atom stereocenters. The van der Waals surface area contributed by atoms with E-state index in [0.29, 0.717) is 19.1 Å². The lowest BCUT2D eigenvalue weighted by atomic mass is 9.87. The Labute approximate surface area is 116 Å². The molecule has 0 radical (unpaired) electrons. The zero-order valence-electron chi connectivity index (χ0n) is 12.3. The fourth-order valence-corrected chi connectivity index (χ4v) is 3.31. The summed E-state index contributed by atoms with van der Waals surface area (Å²) in [7, 11) is 1.95. The van der Waals surface area contributed by atoms with Crippen molar-refractivity contribution in [1.82, 2.24) is 9.80 Å². The second-order valence-electron chi connectivity index (χ2n) is 6.45. The highest BCUT2D eigenvalue weighted by molar-refractivity contribution is 5.78. The lowest BCUT2D eigenvalue weighted by Gasteiger charge is -2.36. The van der Waals surface area contributed by atoms with E-state index in [1.165, 1.54) is 12.8 Å². The molecule has 2 aliphatic rings. The van der Waals surface area contributed by atoms with Gasteiger partial charge in [0.15, 0.2) is 0 Å². The fourth-order valence-electron chi connectivity index (χ4n) is 3.31. The molecule has 2 fully saturated rings. The minimum atomic E-state index is -0.248. The summed E-state index contributed by atoms with van der Waals surface area (Å²) >= 11 is 0. The highest BCUT2D eigenvalue weighted by atomic mass is 16.3. The van der Waals surface area contributed by atoms with Crippen molar-refractivity contribution < 1.29 is 9.90 Å². The average Bonchev–Trinajstić information content (AvgIpc) is 2.39. The van der Waals surface area contributed by atoms with Gasteiger partial charge < -0.3 is 10.0 Å². The van der Waals surface area contributed by atoms with Crippen LogP contribution < -0.4 is 0 Å². The molecule has 4 heteroatoms. The molecule has 1 N–H and O–H groups in total. The van der Waals surface area contributed by atoms with Gasteiger partial charge in [0.25, 0.3) is 0 Å². The molecule has 1 saturated heterocycles. The smallest absolute Gasteiger partial charge is 0.236 e. The molecule has 19 heavy (non-hydrogen) atoms. The van der Waals surface area contributed by atoms with Gasteiger partial charge in [-0.3, -0.25) is 9.69 Å². The van der Waals surface area contributed by atoms with Crippen LogP contribution in [0.4, 0.5) is 0 Å². The first kappa shape index (κ1) is 14.8. The van der Waals surface area contributed by atoms with Crippen LogP contribution in [0.15, 0.2) is 0 Å². The molecule has 2 rings (SSSR count). The van der Waals surface area contributed by atoms with Crippen LogP contribution in [0.2, 0.25) is 0 Å². The number of aliphatic hydroxyl groups is 1. The Morgan fingerprint density at radius 2 is 1.95 bits per heavy atom. The minimum Gasteiger partial charge on any atom is -0.392 e. The first-order valence-electron chi connectivity index (χ1n) is 7.72. The molecule has 0 aromatic rings. The fraction of sp³-hybridized carbons (Fsp3) is 0.933. The first-order valence-corrected chi connectivity index (χ1v) is 7.72. The normalized spacial score (nSPS) is 33.1. The zero-order valence-corrected chi connectivity index (χ0v) is 12.3. The number of likely N-dealkylation sites (N-methyl/N-ethyl adjacent to an activating group) is 1. The molecule has 1 amide bonds. The summed E-state index contributed by atoms with van der Waals surface area (Å²) in [5.41, 5.74) is 0. The molecule has 110 valence electrons. The highest BCUT2D eigenvalue weighted by Gasteiger charge is 2.27. The van der Waals surface area contributed by atoms with E-state index in [4.69, 9.17) is 0 Å². The number of piperidine rings is 1. The van der Waals surface area contributed by atoms with Gasteiger partial charge in [-0.15, -0.1) is 0 Å². The van der Waals surface area contributed by atoms with Crippen molar-refractivity contribution in [3.05, 3.63) is 0 Å². The van der Waals surface area contributed by atoms with Crippen LogP contribution in [0.1, 0.15) is 45.4 Å². The third kappa shape index (κ3) is 4.18. The van der Waals surface area contributed by atoms with Crippen LogP contribution in [0.3, 0.4) is 0 Å². The van der Waals surface area contributed by atoms with E-state index < -0.39 is 0 Å². The predicted octanol–water partition coefficient (Wildman–Crippen LogP) is 1.48. The van der Waals surface area contributed by atoms with Crippen LogP contribution in [0.25, 0.3) is 0 Å². The monoisotopic (exact) mass is 268 g/mol. The van der Waals surface area contributed by atoms with E-state index in [9.17, 15) is 9.90 Å². The quantitative estimate of drug-likeness (QED) is 0.843. The summed E-state index contributed by atoms with van der Waals surface area (Å²) in [4.78, 5) is 16.3. The molecule has 0 spiro atoms. The predicted molar refractivity (Wildman–Crippen MR) is 75.9 cm³/mol. The van der Waals surface area contributed by atoms with Gasteiger partial charge in [0.2, 0.25) is 5.91 Å². The summed E-state index contributed by atoms with van der Waals surface area (Å²) in [6.45, 7) is 4.37. The Bertz CT molecular complexity index is 301. The number of hydrogen-bond donors (Lipinski definition) is 1. The number of rotatable bonds is 3.